The minimum Gasteiger partial charge on any atom is -0.481 e. The summed E-state index contributed by atoms with van der Waals surface area (Å²) in [5.74, 6) is 3.11. The number of hydrogen-bond acceptors (Lipinski definition) is 4. The number of carbonyl (C=O) groups excluding carboxylic acids is 1. The molecule has 5 heteroatoms. The highest BCUT2D eigenvalue weighted by Crippen LogP contribution is 2.34. The monoisotopic (exact) mass is 376 g/mol. The highest BCUT2D eigenvalue weighted by atomic mass is 32.2. The van der Waals surface area contributed by atoms with Gasteiger partial charge in [-0.15, -0.1) is 6.42 Å². The molecule has 0 saturated carbocycles. The van der Waals surface area contributed by atoms with E-state index in [9.17, 15) is 4.79 Å². The Morgan fingerprint density at radius 3 is 2.52 bits per heavy atom. The van der Waals surface area contributed by atoms with Crippen LogP contribution in [0.2, 0.25) is 0 Å². The molecule has 1 fully saturated rings. The minimum atomic E-state index is -0.0268. The molecule has 0 N–H and O–H groups in total. The smallest absolute Gasteiger partial charge is 0.266 e. The number of nitrogens with zero attached hydrogens (tertiary/aromatic N) is 2. The lowest BCUT2D eigenvalue weighted by Crippen LogP contribution is -2.28. The normalized spacial score (nSPS) is 16.8. The first kappa shape index (κ1) is 18.8. The van der Waals surface area contributed by atoms with Gasteiger partial charge in [-0.25, -0.2) is 4.99 Å². The molecule has 1 aliphatic rings. The van der Waals surface area contributed by atoms with Gasteiger partial charge in [0.15, 0.2) is 5.17 Å². The molecule has 136 valence electrons. The summed E-state index contributed by atoms with van der Waals surface area (Å²) in [6.45, 7) is 4.79. The van der Waals surface area contributed by atoms with Gasteiger partial charge in [0.25, 0.3) is 5.91 Å². The second-order valence-electron chi connectivity index (χ2n) is 5.95. The molecule has 0 atom stereocenters. The molecule has 1 heterocycles. The SMILES string of the molecule is C#CCOc1ccc(/C=C2/SC(=Nc3ccc(C)cc3)N(CC)C2=O)cc1. The number of terminal acetylenes is 1. The zero-order valence-corrected chi connectivity index (χ0v) is 16.1. The summed E-state index contributed by atoms with van der Waals surface area (Å²) in [5.41, 5.74) is 2.94. The van der Waals surface area contributed by atoms with Gasteiger partial charge in [0.1, 0.15) is 12.4 Å². The molecule has 1 amide bonds. The van der Waals surface area contributed by atoms with Gasteiger partial charge >= 0.3 is 0 Å². The first-order chi connectivity index (χ1) is 13.1. The zero-order valence-electron chi connectivity index (χ0n) is 15.3. The van der Waals surface area contributed by atoms with E-state index in [0.29, 0.717) is 22.4 Å². The fraction of sp³-hybridized carbons (Fsp3) is 0.182. The predicted molar refractivity (Wildman–Crippen MR) is 112 cm³/mol. The Bertz CT molecular complexity index is 922. The molecule has 4 nitrogen and oxygen atoms in total. The molecular weight excluding hydrogens is 356 g/mol. The Labute approximate surface area is 163 Å². The summed E-state index contributed by atoms with van der Waals surface area (Å²) in [6, 6.07) is 15.4. The number of likely N-dealkylation sites (N-methyl/N-ethyl adjacent to an activating group) is 1. The second-order valence-corrected chi connectivity index (χ2v) is 6.96. The van der Waals surface area contributed by atoms with Crippen molar-refractivity contribution in [2.45, 2.75) is 13.8 Å². The average molecular weight is 376 g/mol. The molecule has 3 rings (SSSR count). The van der Waals surface area contributed by atoms with Crippen LogP contribution < -0.4 is 4.74 Å². The highest BCUT2D eigenvalue weighted by molar-refractivity contribution is 8.18. The maximum Gasteiger partial charge on any atom is 0.266 e. The lowest BCUT2D eigenvalue weighted by molar-refractivity contribution is -0.122. The number of carbonyl (C=O) groups is 1. The van der Waals surface area contributed by atoms with Crippen molar-refractivity contribution < 1.29 is 9.53 Å². The first-order valence-electron chi connectivity index (χ1n) is 8.64. The third-order valence-electron chi connectivity index (χ3n) is 3.96. The molecule has 0 aliphatic carbocycles. The number of ether oxygens (including phenoxy) is 1. The van der Waals surface area contributed by atoms with Crippen molar-refractivity contribution in [1.29, 1.82) is 0 Å². The van der Waals surface area contributed by atoms with Crippen LogP contribution in [-0.4, -0.2) is 29.1 Å². The molecule has 1 saturated heterocycles. The van der Waals surface area contributed by atoms with Crippen molar-refractivity contribution in [3.05, 3.63) is 64.6 Å². The zero-order chi connectivity index (χ0) is 19.2. The Balaban J connectivity index is 1.82. The molecule has 2 aromatic carbocycles. The van der Waals surface area contributed by atoms with E-state index in [1.165, 1.54) is 17.3 Å². The fourth-order valence-corrected chi connectivity index (χ4v) is 3.60. The van der Waals surface area contributed by atoms with Crippen LogP contribution in [0.1, 0.15) is 18.1 Å². The van der Waals surface area contributed by atoms with Gasteiger partial charge in [0.05, 0.1) is 10.6 Å². The minimum absolute atomic E-state index is 0.0268. The van der Waals surface area contributed by atoms with E-state index in [1.54, 1.807) is 4.90 Å². The van der Waals surface area contributed by atoms with Gasteiger partial charge in [-0.2, -0.15) is 0 Å². The summed E-state index contributed by atoms with van der Waals surface area (Å²) in [4.78, 5) is 19.7. The van der Waals surface area contributed by atoms with E-state index >= 15 is 0 Å². The third-order valence-corrected chi connectivity index (χ3v) is 4.97. The van der Waals surface area contributed by atoms with Crippen molar-refractivity contribution in [2.24, 2.45) is 4.99 Å². The summed E-state index contributed by atoms with van der Waals surface area (Å²) >= 11 is 1.39. The molecule has 2 aromatic rings. The Morgan fingerprint density at radius 2 is 1.89 bits per heavy atom. The summed E-state index contributed by atoms with van der Waals surface area (Å²) in [6.07, 6.45) is 7.06. The largest absolute Gasteiger partial charge is 0.481 e. The van der Waals surface area contributed by atoms with E-state index in [4.69, 9.17) is 11.2 Å². The van der Waals surface area contributed by atoms with E-state index in [0.717, 1.165) is 11.3 Å². The van der Waals surface area contributed by atoms with Crippen LogP contribution in [0.4, 0.5) is 5.69 Å². The Morgan fingerprint density at radius 1 is 1.19 bits per heavy atom. The van der Waals surface area contributed by atoms with Crippen molar-refractivity contribution in [2.75, 3.05) is 13.2 Å². The van der Waals surface area contributed by atoms with Crippen LogP contribution in [0, 0.1) is 19.3 Å². The van der Waals surface area contributed by atoms with Crippen LogP contribution in [0.25, 0.3) is 6.08 Å². The van der Waals surface area contributed by atoms with Crippen molar-refractivity contribution in [1.82, 2.24) is 4.90 Å². The summed E-state index contributed by atoms with van der Waals surface area (Å²) in [5, 5.41) is 0.701. The van der Waals surface area contributed by atoms with Crippen LogP contribution in [-0.2, 0) is 4.79 Å². The Hall–Kier alpha value is -2.97. The number of amides is 1. The van der Waals surface area contributed by atoms with Crippen LogP contribution >= 0.6 is 11.8 Å². The van der Waals surface area contributed by atoms with E-state index in [-0.39, 0.29) is 12.5 Å². The lowest BCUT2D eigenvalue weighted by atomic mass is 10.2. The van der Waals surface area contributed by atoms with Gasteiger partial charge in [0, 0.05) is 6.54 Å². The number of aryl methyl sites for hydroxylation is 1. The van der Waals surface area contributed by atoms with Crippen LogP contribution in [0.3, 0.4) is 0 Å². The second kappa shape index (κ2) is 8.61. The van der Waals surface area contributed by atoms with Crippen molar-refractivity contribution in [3.8, 4) is 18.1 Å². The number of amidine groups is 1. The fourth-order valence-electron chi connectivity index (χ4n) is 2.54. The van der Waals surface area contributed by atoms with Gasteiger partial charge in [0.2, 0.25) is 0 Å². The molecule has 1 aliphatic heterocycles. The first-order valence-corrected chi connectivity index (χ1v) is 9.45. The quantitative estimate of drug-likeness (QED) is 0.564. The van der Waals surface area contributed by atoms with E-state index < -0.39 is 0 Å². The predicted octanol–water partition coefficient (Wildman–Crippen LogP) is 4.63. The van der Waals surface area contributed by atoms with Gasteiger partial charge in [-0.3, -0.25) is 9.69 Å². The van der Waals surface area contributed by atoms with Crippen LogP contribution in [0.15, 0.2) is 58.4 Å². The topological polar surface area (TPSA) is 41.9 Å². The van der Waals surface area contributed by atoms with Crippen molar-refractivity contribution >= 4 is 34.6 Å². The van der Waals surface area contributed by atoms with E-state index in [2.05, 4.69) is 10.9 Å². The number of hydrogen-bond donors (Lipinski definition) is 0. The molecule has 0 spiro atoms. The number of aliphatic imine (C=N–C) groups is 1. The molecular formula is C22H20N2O2S. The van der Waals surface area contributed by atoms with Gasteiger partial charge < -0.3 is 4.74 Å². The van der Waals surface area contributed by atoms with E-state index in [1.807, 2.05) is 68.5 Å². The molecule has 0 radical (unpaired) electrons. The molecule has 27 heavy (non-hydrogen) atoms. The maximum absolute atomic E-state index is 12.7. The lowest BCUT2D eigenvalue weighted by Gasteiger charge is -2.12. The highest BCUT2D eigenvalue weighted by Gasteiger charge is 2.32. The van der Waals surface area contributed by atoms with Crippen LogP contribution in [0.5, 0.6) is 5.75 Å². The summed E-state index contributed by atoms with van der Waals surface area (Å²) in [7, 11) is 0. The molecule has 0 bridgehead atoms. The number of benzene rings is 2. The number of thioether (sulfide) groups is 1. The number of rotatable bonds is 5. The Kier molecular flexibility index (Phi) is 6.00. The molecule has 0 unspecified atom stereocenters. The maximum atomic E-state index is 12.7. The summed E-state index contributed by atoms with van der Waals surface area (Å²) < 4.78 is 5.37. The average Bonchev–Trinajstić information content (AvgIpc) is 2.97. The molecule has 0 aromatic heterocycles. The van der Waals surface area contributed by atoms with Gasteiger partial charge in [-0.1, -0.05) is 35.7 Å². The van der Waals surface area contributed by atoms with Gasteiger partial charge in [-0.05, 0) is 61.5 Å². The van der Waals surface area contributed by atoms with Crippen molar-refractivity contribution in [3.63, 3.8) is 0 Å². The standard InChI is InChI=1S/C22H20N2O2S/c1-4-14-26-19-12-8-17(9-13-19)15-20-21(25)24(5-2)22(27-20)23-18-10-6-16(3)7-11-18/h1,6-13,15H,5,14H2,2-3H3/b20-15+,23-22?. The third kappa shape index (κ3) is 4.60.